The van der Waals surface area contributed by atoms with Gasteiger partial charge in [0.2, 0.25) is 0 Å². The summed E-state index contributed by atoms with van der Waals surface area (Å²) in [4.78, 5) is 4.25. The van der Waals surface area contributed by atoms with Crippen LogP contribution in [0.25, 0.3) is 5.69 Å². The fourth-order valence-corrected chi connectivity index (χ4v) is 3.77. The molecule has 7 heteroatoms. The summed E-state index contributed by atoms with van der Waals surface area (Å²) in [7, 11) is 0. The Balaban J connectivity index is 2.08. The Kier molecular flexibility index (Phi) is 4.33. The second-order valence-corrected chi connectivity index (χ2v) is 6.48. The van der Waals surface area contributed by atoms with Gasteiger partial charge in [-0.25, -0.2) is 9.67 Å². The fraction of sp³-hybridized carbons (Fsp3) is 0.214. The van der Waals surface area contributed by atoms with E-state index in [2.05, 4.69) is 14.5 Å². The van der Waals surface area contributed by atoms with E-state index in [0.29, 0.717) is 6.54 Å². The van der Waals surface area contributed by atoms with Crippen molar-refractivity contribution < 1.29 is 0 Å². The van der Waals surface area contributed by atoms with Gasteiger partial charge in [0.05, 0.1) is 11.4 Å². The van der Waals surface area contributed by atoms with E-state index < -0.39 is 0 Å². The van der Waals surface area contributed by atoms with Crippen LogP contribution in [0.2, 0.25) is 0 Å². The van der Waals surface area contributed by atoms with Crippen LogP contribution in [0.3, 0.4) is 0 Å². The van der Waals surface area contributed by atoms with Crippen LogP contribution in [0.1, 0.15) is 11.3 Å². The van der Waals surface area contributed by atoms with Gasteiger partial charge >= 0.3 is 0 Å². The zero-order valence-electron chi connectivity index (χ0n) is 11.6. The summed E-state index contributed by atoms with van der Waals surface area (Å²) in [5.41, 5.74) is 8.98. The van der Waals surface area contributed by atoms with Crippen LogP contribution in [-0.4, -0.2) is 25.7 Å². The number of hydrogen-bond donors (Lipinski definition) is 1. The zero-order chi connectivity index (χ0) is 14.7. The molecule has 5 nitrogen and oxygen atoms in total. The maximum Gasteiger partial charge on any atom is 0.176 e. The van der Waals surface area contributed by atoms with Gasteiger partial charge in [-0.05, 0) is 55.3 Å². The number of benzene rings is 1. The normalized spacial score (nSPS) is 11.0. The second kappa shape index (κ2) is 6.38. The minimum Gasteiger partial charge on any atom is -0.330 e. The molecule has 0 aliphatic rings. The maximum atomic E-state index is 5.75. The molecule has 0 bridgehead atoms. The summed E-state index contributed by atoms with van der Waals surface area (Å²) in [5, 5.41) is 5.75. The lowest BCUT2D eigenvalue weighted by Crippen LogP contribution is -2.04. The summed E-state index contributed by atoms with van der Waals surface area (Å²) in [6, 6.07) is 10.1. The van der Waals surface area contributed by atoms with Crippen molar-refractivity contribution in [1.29, 1.82) is 0 Å². The number of rotatable bonds is 5. The van der Waals surface area contributed by atoms with Crippen LogP contribution in [0, 0.1) is 6.92 Å². The predicted molar refractivity (Wildman–Crippen MR) is 85.1 cm³/mol. The van der Waals surface area contributed by atoms with Gasteiger partial charge in [-0.2, -0.15) is 9.47 Å². The summed E-state index contributed by atoms with van der Waals surface area (Å²) in [5.74, 6) is 0. The summed E-state index contributed by atoms with van der Waals surface area (Å²) in [6.07, 6.45) is 2.38. The first-order valence-electron chi connectivity index (χ1n) is 6.58. The van der Waals surface area contributed by atoms with Gasteiger partial charge in [-0.15, -0.1) is 0 Å². The molecule has 2 heterocycles. The summed E-state index contributed by atoms with van der Waals surface area (Å²) >= 11 is 2.98. The molecule has 0 aliphatic carbocycles. The lowest BCUT2D eigenvalue weighted by Gasteiger charge is -2.07. The zero-order valence-corrected chi connectivity index (χ0v) is 13.2. The Hall–Kier alpha value is -1.70. The Morgan fingerprint density at radius 1 is 1.29 bits per heavy atom. The van der Waals surface area contributed by atoms with Crippen molar-refractivity contribution in [2.45, 2.75) is 22.7 Å². The van der Waals surface area contributed by atoms with Crippen molar-refractivity contribution in [1.82, 2.24) is 19.1 Å². The topological polar surface area (TPSA) is 69.6 Å². The summed E-state index contributed by atoms with van der Waals surface area (Å²) < 4.78 is 6.93. The highest BCUT2D eigenvalue weighted by Gasteiger charge is 2.18. The van der Waals surface area contributed by atoms with E-state index in [1.165, 1.54) is 17.1 Å². The molecule has 0 unspecified atom stereocenters. The molecule has 0 fully saturated rings. The van der Waals surface area contributed by atoms with Gasteiger partial charge < -0.3 is 5.73 Å². The number of para-hydroxylation sites is 1. The van der Waals surface area contributed by atoms with Gasteiger partial charge in [0, 0.05) is 5.56 Å². The lowest BCUT2D eigenvalue weighted by molar-refractivity contribution is 0.786. The fourth-order valence-electron chi connectivity index (χ4n) is 2.11. The van der Waals surface area contributed by atoms with E-state index in [0.717, 1.165) is 27.2 Å². The minimum atomic E-state index is 0.602. The standard InChI is InChI=1S/C14H15N5S2/c1-10-12(7-8-15)13(20-14-16-9-17-21-14)19(18-10)11-5-3-2-4-6-11/h2-6,9H,7-8,15H2,1H3. The first-order valence-corrected chi connectivity index (χ1v) is 8.17. The van der Waals surface area contributed by atoms with Crippen molar-refractivity contribution in [3.05, 3.63) is 47.9 Å². The van der Waals surface area contributed by atoms with Gasteiger partial charge in [0.1, 0.15) is 11.4 Å². The Morgan fingerprint density at radius 2 is 2.10 bits per heavy atom. The van der Waals surface area contributed by atoms with Gasteiger partial charge in [-0.3, -0.25) is 0 Å². The highest BCUT2D eigenvalue weighted by atomic mass is 32.2. The molecule has 0 radical (unpaired) electrons. The van der Waals surface area contributed by atoms with Crippen LogP contribution < -0.4 is 5.73 Å². The lowest BCUT2D eigenvalue weighted by atomic mass is 10.2. The molecule has 3 rings (SSSR count). The predicted octanol–water partition coefficient (Wildman–Crippen LogP) is 2.68. The van der Waals surface area contributed by atoms with Crippen LogP contribution in [0.4, 0.5) is 0 Å². The van der Waals surface area contributed by atoms with E-state index in [1.807, 2.05) is 41.9 Å². The van der Waals surface area contributed by atoms with Crippen LogP contribution in [0.5, 0.6) is 0 Å². The molecule has 0 saturated heterocycles. The molecule has 0 saturated carbocycles. The molecule has 3 aromatic rings. The first-order chi connectivity index (χ1) is 10.3. The maximum absolute atomic E-state index is 5.75. The van der Waals surface area contributed by atoms with Crippen molar-refractivity contribution in [3.63, 3.8) is 0 Å². The minimum absolute atomic E-state index is 0.602. The van der Waals surface area contributed by atoms with Gasteiger partial charge in [-0.1, -0.05) is 18.2 Å². The molecular weight excluding hydrogens is 302 g/mol. The molecule has 1 aromatic carbocycles. The highest BCUT2D eigenvalue weighted by molar-refractivity contribution is 8.01. The van der Waals surface area contributed by atoms with E-state index >= 15 is 0 Å². The molecule has 21 heavy (non-hydrogen) atoms. The number of aryl methyl sites for hydroxylation is 1. The molecule has 0 spiro atoms. The number of aromatic nitrogens is 4. The van der Waals surface area contributed by atoms with Gasteiger partial charge in [0.15, 0.2) is 4.34 Å². The van der Waals surface area contributed by atoms with Crippen LogP contribution >= 0.6 is 23.3 Å². The molecule has 0 aliphatic heterocycles. The average Bonchev–Trinajstić information content (AvgIpc) is 3.12. The van der Waals surface area contributed by atoms with E-state index in [4.69, 9.17) is 5.73 Å². The Bertz CT molecular complexity index is 707. The largest absolute Gasteiger partial charge is 0.330 e. The second-order valence-electron chi connectivity index (χ2n) is 4.46. The van der Waals surface area contributed by atoms with E-state index in [-0.39, 0.29) is 0 Å². The number of nitrogens with two attached hydrogens (primary N) is 1. The molecule has 2 N–H and O–H groups in total. The monoisotopic (exact) mass is 317 g/mol. The third-order valence-electron chi connectivity index (χ3n) is 3.06. The van der Waals surface area contributed by atoms with E-state index in [1.54, 1.807) is 18.1 Å². The van der Waals surface area contributed by atoms with Crippen LogP contribution in [0.15, 0.2) is 46.0 Å². The average molecular weight is 317 g/mol. The van der Waals surface area contributed by atoms with Crippen molar-refractivity contribution in [2.75, 3.05) is 6.54 Å². The molecule has 2 aromatic heterocycles. The van der Waals surface area contributed by atoms with E-state index in [9.17, 15) is 0 Å². The van der Waals surface area contributed by atoms with Gasteiger partial charge in [0.25, 0.3) is 0 Å². The quantitative estimate of drug-likeness (QED) is 0.783. The first kappa shape index (κ1) is 14.2. The Morgan fingerprint density at radius 3 is 2.76 bits per heavy atom. The molecule has 108 valence electrons. The third-order valence-corrected chi connectivity index (χ3v) is 4.89. The van der Waals surface area contributed by atoms with Crippen molar-refractivity contribution in [3.8, 4) is 5.69 Å². The third kappa shape index (κ3) is 2.99. The number of hydrogen-bond acceptors (Lipinski definition) is 6. The smallest absolute Gasteiger partial charge is 0.176 e. The summed E-state index contributed by atoms with van der Waals surface area (Å²) in [6.45, 7) is 2.62. The highest BCUT2D eigenvalue weighted by Crippen LogP contribution is 2.34. The molecule has 0 atom stereocenters. The van der Waals surface area contributed by atoms with Crippen LogP contribution in [-0.2, 0) is 6.42 Å². The number of nitrogens with zero attached hydrogens (tertiary/aromatic N) is 4. The SMILES string of the molecule is Cc1nn(-c2ccccc2)c(Sc2ncns2)c1CCN. The van der Waals surface area contributed by atoms with Crippen molar-refractivity contribution in [2.24, 2.45) is 5.73 Å². The van der Waals surface area contributed by atoms with Crippen molar-refractivity contribution >= 4 is 23.3 Å². The Labute approximate surface area is 131 Å². The molecular formula is C14H15N5S2. The molecule has 0 amide bonds.